The first-order valence-corrected chi connectivity index (χ1v) is 11.8. The van der Waals surface area contributed by atoms with Gasteiger partial charge in [0.2, 0.25) is 5.91 Å². The number of rotatable bonds is 5. The van der Waals surface area contributed by atoms with Gasteiger partial charge in [-0.3, -0.25) is 14.6 Å². The third kappa shape index (κ3) is 5.26. The number of fused-ring (bicyclic) bond motifs is 2. The van der Waals surface area contributed by atoms with Gasteiger partial charge in [-0.2, -0.15) is 13.2 Å². The molecule has 9 heteroatoms. The number of aryl methyl sites for hydroxylation is 2. The molecule has 1 aromatic heterocycles. The van der Waals surface area contributed by atoms with Gasteiger partial charge in [0.25, 0.3) is 0 Å². The van der Waals surface area contributed by atoms with Crippen molar-refractivity contribution in [2.45, 2.75) is 32.0 Å². The summed E-state index contributed by atoms with van der Waals surface area (Å²) in [7, 11) is 0. The van der Waals surface area contributed by atoms with Gasteiger partial charge in [0, 0.05) is 44.2 Å². The molecule has 1 aliphatic carbocycles. The highest BCUT2D eigenvalue weighted by atomic mass is 19.4. The van der Waals surface area contributed by atoms with Crippen molar-refractivity contribution in [2.24, 2.45) is 0 Å². The molecule has 3 aromatic rings. The Morgan fingerprint density at radius 3 is 2.40 bits per heavy atom. The van der Waals surface area contributed by atoms with E-state index >= 15 is 0 Å². The van der Waals surface area contributed by atoms with Crippen molar-refractivity contribution in [3.8, 4) is 0 Å². The average Bonchev–Trinajstić information content (AvgIpc) is 3.26. The molecule has 0 bridgehead atoms. The first kappa shape index (κ1) is 23.6. The summed E-state index contributed by atoms with van der Waals surface area (Å²) in [6.45, 7) is 3.17. The largest absolute Gasteiger partial charge is 0.423 e. The van der Waals surface area contributed by atoms with Crippen LogP contribution < -0.4 is 10.9 Å². The third-order valence-corrected chi connectivity index (χ3v) is 6.78. The topological polar surface area (TPSA) is 65.8 Å². The summed E-state index contributed by atoms with van der Waals surface area (Å²) < 4.78 is 45.0. The summed E-state index contributed by atoms with van der Waals surface area (Å²) in [6.07, 6.45) is -1.37. The third-order valence-electron chi connectivity index (χ3n) is 6.78. The number of benzene rings is 2. The fourth-order valence-corrected chi connectivity index (χ4v) is 5.00. The number of halogens is 3. The van der Waals surface area contributed by atoms with Gasteiger partial charge in [0.1, 0.15) is 5.58 Å². The van der Waals surface area contributed by atoms with Gasteiger partial charge in [0.05, 0.1) is 17.8 Å². The molecule has 2 heterocycles. The van der Waals surface area contributed by atoms with E-state index in [2.05, 4.69) is 16.3 Å². The summed E-state index contributed by atoms with van der Waals surface area (Å²) in [5, 5.41) is 3.37. The molecule has 0 radical (unpaired) electrons. The predicted molar refractivity (Wildman–Crippen MR) is 126 cm³/mol. The van der Waals surface area contributed by atoms with E-state index in [-0.39, 0.29) is 17.9 Å². The van der Waals surface area contributed by atoms with Crippen LogP contribution in [0.3, 0.4) is 0 Å². The summed E-state index contributed by atoms with van der Waals surface area (Å²) in [5.74, 6) is -0.476. The van der Waals surface area contributed by atoms with Gasteiger partial charge in [-0.1, -0.05) is 12.1 Å². The average molecular weight is 486 g/mol. The number of hydrogen-bond donors (Lipinski definition) is 1. The molecule has 0 atom stereocenters. The molecule has 1 fully saturated rings. The number of nitrogens with zero attached hydrogens (tertiary/aromatic N) is 2. The standard InChI is InChI=1S/C26H26F3N3O3/c27-26(28,29)21-6-1-2-7-22(21)30-24(33)16-32-10-8-31(9-11-32)15-19-14-25(34)35-23-13-18-5-3-4-17(18)12-20(19)23/h1-2,6-7,12-14H,3-5,8-11,15-16H2,(H,30,33). The number of nitrogens with one attached hydrogen (secondary N) is 1. The van der Waals surface area contributed by atoms with Crippen LogP contribution in [0.15, 0.2) is 51.7 Å². The SMILES string of the molecule is O=C(CN1CCN(Cc2cc(=O)oc3cc4c(cc23)CCC4)CC1)Nc1ccccc1C(F)(F)F. The summed E-state index contributed by atoms with van der Waals surface area (Å²) >= 11 is 0. The zero-order valence-corrected chi connectivity index (χ0v) is 19.2. The van der Waals surface area contributed by atoms with E-state index in [1.165, 1.54) is 29.3 Å². The van der Waals surface area contributed by atoms with Crippen molar-refractivity contribution in [1.29, 1.82) is 0 Å². The second-order valence-electron chi connectivity index (χ2n) is 9.21. The zero-order valence-electron chi connectivity index (χ0n) is 19.2. The van der Waals surface area contributed by atoms with Crippen LogP contribution in [0.1, 0.15) is 28.7 Å². The number of piperazine rings is 1. The normalized spacial score (nSPS) is 17.0. The Morgan fingerprint density at radius 2 is 1.66 bits per heavy atom. The minimum absolute atomic E-state index is 0.0179. The number of alkyl halides is 3. The van der Waals surface area contributed by atoms with E-state index in [1.807, 2.05) is 11.0 Å². The van der Waals surface area contributed by atoms with Crippen LogP contribution in [0, 0.1) is 0 Å². The Kier molecular flexibility index (Phi) is 6.37. The van der Waals surface area contributed by atoms with Crippen LogP contribution in [-0.4, -0.2) is 48.4 Å². The lowest BCUT2D eigenvalue weighted by Gasteiger charge is -2.34. The highest BCUT2D eigenvalue weighted by Crippen LogP contribution is 2.34. The molecule has 2 aromatic carbocycles. The maximum absolute atomic E-state index is 13.2. The monoisotopic (exact) mass is 485 g/mol. The van der Waals surface area contributed by atoms with Gasteiger partial charge < -0.3 is 9.73 Å². The van der Waals surface area contributed by atoms with Crippen molar-refractivity contribution in [2.75, 3.05) is 38.0 Å². The van der Waals surface area contributed by atoms with E-state index in [0.717, 1.165) is 36.3 Å². The smallest absolute Gasteiger partial charge is 0.418 e. The van der Waals surface area contributed by atoms with Crippen LogP contribution in [0.25, 0.3) is 11.0 Å². The van der Waals surface area contributed by atoms with Crippen LogP contribution >= 0.6 is 0 Å². The lowest BCUT2D eigenvalue weighted by molar-refractivity contribution is -0.137. The van der Waals surface area contributed by atoms with Crippen LogP contribution in [0.2, 0.25) is 0 Å². The maximum Gasteiger partial charge on any atom is 0.418 e. The number of hydrogen-bond acceptors (Lipinski definition) is 5. The Morgan fingerprint density at radius 1 is 0.971 bits per heavy atom. The Bertz CT molecular complexity index is 1310. The quantitative estimate of drug-likeness (QED) is 0.553. The van der Waals surface area contributed by atoms with Crippen molar-refractivity contribution >= 4 is 22.6 Å². The van der Waals surface area contributed by atoms with Crippen LogP contribution in [0.4, 0.5) is 18.9 Å². The summed E-state index contributed by atoms with van der Waals surface area (Å²) in [4.78, 5) is 28.7. The fraction of sp³-hybridized carbons (Fsp3) is 0.385. The number of carbonyl (C=O) groups is 1. The molecule has 1 aliphatic heterocycles. The molecule has 2 aliphatic rings. The van der Waals surface area contributed by atoms with Crippen LogP contribution in [0.5, 0.6) is 0 Å². The molecule has 6 nitrogen and oxygen atoms in total. The molecule has 1 amide bonds. The fourth-order valence-electron chi connectivity index (χ4n) is 5.00. The van der Waals surface area contributed by atoms with Gasteiger partial charge in [-0.25, -0.2) is 4.79 Å². The van der Waals surface area contributed by atoms with Crippen molar-refractivity contribution < 1.29 is 22.4 Å². The number of amides is 1. The Hall–Kier alpha value is -3.17. The highest BCUT2D eigenvalue weighted by molar-refractivity contribution is 5.93. The van der Waals surface area contributed by atoms with E-state index in [4.69, 9.17) is 4.42 Å². The molecule has 35 heavy (non-hydrogen) atoms. The highest BCUT2D eigenvalue weighted by Gasteiger charge is 2.33. The maximum atomic E-state index is 13.2. The molecule has 1 N–H and O–H groups in total. The van der Waals surface area contributed by atoms with Crippen molar-refractivity contribution in [3.63, 3.8) is 0 Å². The molecule has 1 saturated heterocycles. The second-order valence-corrected chi connectivity index (χ2v) is 9.21. The van der Waals surface area contributed by atoms with E-state index < -0.39 is 17.6 Å². The molecule has 184 valence electrons. The predicted octanol–water partition coefficient (Wildman–Crippen LogP) is 4.06. The van der Waals surface area contributed by atoms with Gasteiger partial charge >= 0.3 is 11.8 Å². The minimum atomic E-state index is -4.53. The number of anilines is 1. The molecule has 0 unspecified atom stereocenters. The zero-order chi connectivity index (χ0) is 24.6. The van der Waals surface area contributed by atoms with E-state index in [0.29, 0.717) is 38.3 Å². The van der Waals surface area contributed by atoms with E-state index in [9.17, 15) is 22.8 Å². The van der Waals surface area contributed by atoms with Gasteiger partial charge in [0.15, 0.2) is 0 Å². The Labute approximate surface area is 200 Å². The first-order chi connectivity index (χ1) is 16.8. The summed E-state index contributed by atoms with van der Waals surface area (Å²) in [5.41, 5.74) is 2.68. The van der Waals surface area contributed by atoms with E-state index in [1.54, 1.807) is 6.07 Å². The number of para-hydroxylation sites is 1. The molecule has 5 rings (SSSR count). The molecular formula is C26H26F3N3O3. The van der Waals surface area contributed by atoms with Crippen molar-refractivity contribution in [3.05, 3.63) is 75.1 Å². The first-order valence-electron chi connectivity index (χ1n) is 11.8. The molecular weight excluding hydrogens is 459 g/mol. The molecule has 0 saturated carbocycles. The lowest BCUT2D eigenvalue weighted by Crippen LogP contribution is -2.48. The molecule has 0 spiro atoms. The van der Waals surface area contributed by atoms with Gasteiger partial charge in [-0.15, -0.1) is 0 Å². The van der Waals surface area contributed by atoms with Crippen LogP contribution in [-0.2, 0) is 30.4 Å². The minimum Gasteiger partial charge on any atom is -0.423 e. The Balaban J connectivity index is 1.20. The number of carbonyl (C=O) groups excluding carboxylic acids is 1. The van der Waals surface area contributed by atoms with Crippen molar-refractivity contribution in [1.82, 2.24) is 9.80 Å². The summed E-state index contributed by atoms with van der Waals surface area (Å²) in [6, 6.07) is 10.7. The lowest BCUT2D eigenvalue weighted by atomic mass is 10.0. The second kappa shape index (κ2) is 9.47. The van der Waals surface area contributed by atoms with Gasteiger partial charge in [-0.05, 0) is 60.2 Å².